The molecule has 2 aromatic rings. The Morgan fingerprint density at radius 3 is 2.38 bits per heavy atom. The molecular weight excluding hydrogens is 326 g/mol. The maximum absolute atomic E-state index is 12.4. The number of aryl methyl sites for hydroxylation is 2. The molecule has 130 valence electrons. The van der Waals surface area contributed by atoms with E-state index >= 15 is 0 Å². The Balaban J connectivity index is 2.08. The number of rotatable bonds is 7. The predicted octanol–water partition coefficient (Wildman–Crippen LogP) is 2.84. The monoisotopic (exact) mass is 349 g/mol. The quantitative estimate of drug-likeness (QED) is 0.835. The molecule has 0 aliphatic heterocycles. The van der Waals surface area contributed by atoms with Crippen molar-refractivity contribution in [3.8, 4) is 11.5 Å². The van der Waals surface area contributed by atoms with Crippen LogP contribution in [0.25, 0.3) is 0 Å². The van der Waals surface area contributed by atoms with Gasteiger partial charge in [-0.3, -0.25) is 0 Å². The lowest BCUT2D eigenvalue weighted by molar-refractivity contribution is 0.391. The Bertz CT molecular complexity index is 816. The maximum Gasteiger partial charge on any atom is 0.240 e. The molecule has 2 rings (SSSR count). The first-order chi connectivity index (χ1) is 11.4. The normalized spacial score (nSPS) is 11.3. The second-order valence-electron chi connectivity index (χ2n) is 5.59. The molecule has 0 atom stereocenters. The van der Waals surface area contributed by atoms with Gasteiger partial charge >= 0.3 is 0 Å². The van der Waals surface area contributed by atoms with Gasteiger partial charge in [0.15, 0.2) is 0 Å². The second-order valence-corrected chi connectivity index (χ2v) is 7.33. The van der Waals surface area contributed by atoms with Gasteiger partial charge in [0.25, 0.3) is 0 Å². The number of ether oxygens (including phenoxy) is 2. The summed E-state index contributed by atoms with van der Waals surface area (Å²) in [7, 11) is -0.355. The highest BCUT2D eigenvalue weighted by Crippen LogP contribution is 2.25. The minimum Gasteiger partial charge on any atom is -0.497 e. The fourth-order valence-electron chi connectivity index (χ4n) is 2.56. The van der Waals surface area contributed by atoms with Crippen LogP contribution in [0.15, 0.2) is 41.3 Å². The Hall–Kier alpha value is -2.05. The van der Waals surface area contributed by atoms with Crippen LogP contribution < -0.4 is 14.2 Å². The van der Waals surface area contributed by atoms with Crippen LogP contribution in [0.4, 0.5) is 0 Å². The van der Waals surface area contributed by atoms with Crippen molar-refractivity contribution in [1.29, 1.82) is 0 Å². The Morgan fingerprint density at radius 1 is 1.00 bits per heavy atom. The van der Waals surface area contributed by atoms with Gasteiger partial charge in [-0.1, -0.05) is 23.8 Å². The molecule has 0 radical (unpaired) electrons. The summed E-state index contributed by atoms with van der Waals surface area (Å²) in [5.41, 5.74) is 2.69. The third-order valence-corrected chi connectivity index (χ3v) is 5.42. The van der Waals surface area contributed by atoms with E-state index < -0.39 is 10.0 Å². The molecule has 0 bridgehead atoms. The van der Waals surface area contributed by atoms with Crippen molar-refractivity contribution >= 4 is 10.0 Å². The standard InChI is InChI=1S/C18H23NO4S/c1-13-5-8-18(14(2)11-13)24(20,21)19-10-9-15-6-7-16(22-3)12-17(15)23-4/h5-8,11-12,19H,9-10H2,1-4H3. The highest BCUT2D eigenvalue weighted by molar-refractivity contribution is 7.89. The van der Waals surface area contributed by atoms with Crippen molar-refractivity contribution in [2.45, 2.75) is 25.2 Å². The first-order valence-electron chi connectivity index (χ1n) is 7.65. The van der Waals surface area contributed by atoms with Crippen molar-refractivity contribution in [3.05, 3.63) is 53.1 Å². The average Bonchev–Trinajstić information content (AvgIpc) is 2.54. The highest BCUT2D eigenvalue weighted by atomic mass is 32.2. The first-order valence-corrected chi connectivity index (χ1v) is 9.13. The molecular formula is C18H23NO4S. The molecule has 0 unspecified atom stereocenters. The van der Waals surface area contributed by atoms with Gasteiger partial charge in [0.05, 0.1) is 19.1 Å². The molecule has 5 nitrogen and oxygen atoms in total. The number of sulfonamides is 1. The fraction of sp³-hybridized carbons (Fsp3) is 0.333. The smallest absolute Gasteiger partial charge is 0.240 e. The van der Waals surface area contributed by atoms with E-state index in [9.17, 15) is 8.42 Å². The fourth-order valence-corrected chi connectivity index (χ4v) is 3.81. The first kappa shape index (κ1) is 18.3. The molecule has 0 saturated heterocycles. The van der Waals surface area contributed by atoms with E-state index in [2.05, 4.69) is 4.72 Å². The molecule has 0 fully saturated rings. The lowest BCUT2D eigenvalue weighted by atomic mass is 10.1. The lowest BCUT2D eigenvalue weighted by Crippen LogP contribution is -2.26. The zero-order chi connectivity index (χ0) is 17.7. The lowest BCUT2D eigenvalue weighted by Gasteiger charge is -2.12. The predicted molar refractivity (Wildman–Crippen MR) is 94.4 cm³/mol. The summed E-state index contributed by atoms with van der Waals surface area (Å²) >= 11 is 0. The second kappa shape index (κ2) is 7.68. The van der Waals surface area contributed by atoms with E-state index in [1.54, 1.807) is 39.3 Å². The Labute approximate surface area is 143 Å². The summed E-state index contributed by atoms with van der Waals surface area (Å²) < 4.78 is 38.0. The molecule has 0 aliphatic carbocycles. The van der Waals surface area contributed by atoms with E-state index in [0.717, 1.165) is 16.7 Å². The summed E-state index contributed by atoms with van der Waals surface area (Å²) in [5.74, 6) is 1.38. The number of methoxy groups -OCH3 is 2. The summed E-state index contributed by atoms with van der Waals surface area (Å²) in [5, 5.41) is 0. The molecule has 0 aliphatic rings. The van der Waals surface area contributed by atoms with Crippen molar-refractivity contribution in [2.75, 3.05) is 20.8 Å². The number of hydrogen-bond donors (Lipinski definition) is 1. The summed E-state index contributed by atoms with van der Waals surface area (Å²) in [6.07, 6.45) is 0.525. The topological polar surface area (TPSA) is 64.6 Å². The molecule has 24 heavy (non-hydrogen) atoms. The summed E-state index contributed by atoms with van der Waals surface area (Å²) in [6.45, 7) is 4.03. The number of hydrogen-bond acceptors (Lipinski definition) is 4. The van der Waals surface area contributed by atoms with Crippen LogP contribution in [-0.4, -0.2) is 29.2 Å². The van der Waals surface area contributed by atoms with E-state index in [0.29, 0.717) is 29.4 Å². The van der Waals surface area contributed by atoms with Gasteiger partial charge in [-0.25, -0.2) is 13.1 Å². The van der Waals surface area contributed by atoms with Crippen molar-refractivity contribution < 1.29 is 17.9 Å². The zero-order valence-corrected chi connectivity index (χ0v) is 15.2. The van der Waals surface area contributed by atoms with Gasteiger partial charge in [-0.15, -0.1) is 0 Å². The molecule has 0 amide bonds. The van der Waals surface area contributed by atoms with Crippen molar-refractivity contribution in [1.82, 2.24) is 4.72 Å². The average molecular weight is 349 g/mol. The maximum atomic E-state index is 12.4. The van der Waals surface area contributed by atoms with Crippen LogP contribution in [0.2, 0.25) is 0 Å². The van der Waals surface area contributed by atoms with E-state index in [4.69, 9.17) is 9.47 Å². The summed E-state index contributed by atoms with van der Waals surface area (Å²) in [4.78, 5) is 0.315. The van der Waals surface area contributed by atoms with Crippen LogP contribution in [0.1, 0.15) is 16.7 Å². The van der Waals surface area contributed by atoms with Gasteiger partial charge in [-0.2, -0.15) is 0 Å². The van der Waals surface area contributed by atoms with Gasteiger partial charge < -0.3 is 9.47 Å². The Kier molecular flexibility index (Phi) is 5.85. The highest BCUT2D eigenvalue weighted by Gasteiger charge is 2.16. The molecule has 0 spiro atoms. The van der Waals surface area contributed by atoms with Crippen molar-refractivity contribution in [2.24, 2.45) is 0 Å². The van der Waals surface area contributed by atoms with Gasteiger partial charge in [0.1, 0.15) is 11.5 Å². The van der Waals surface area contributed by atoms with Crippen molar-refractivity contribution in [3.63, 3.8) is 0 Å². The number of benzene rings is 2. The summed E-state index contributed by atoms with van der Waals surface area (Å²) in [6, 6.07) is 10.8. The van der Waals surface area contributed by atoms with Gasteiger partial charge in [0.2, 0.25) is 10.0 Å². The Morgan fingerprint density at radius 2 is 1.75 bits per heavy atom. The van der Waals surface area contributed by atoms with Gasteiger partial charge in [0, 0.05) is 12.6 Å². The largest absolute Gasteiger partial charge is 0.497 e. The van der Waals surface area contributed by atoms with E-state index in [1.807, 2.05) is 25.1 Å². The molecule has 1 N–H and O–H groups in total. The van der Waals surface area contributed by atoms with Crippen LogP contribution in [-0.2, 0) is 16.4 Å². The van der Waals surface area contributed by atoms with Crippen LogP contribution >= 0.6 is 0 Å². The SMILES string of the molecule is COc1ccc(CCNS(=O)(=O)c2ccc(C)cc2C)c(OC)c1. The van der Waals surface area contributed by atoms with Gasteiger partial charge in [-0.05, 0) is 43.5 Å². The molecule has 0 aromatic heterocycles. The van der Waals surface area contributed by atoms with Crippen LogP contribution in [0.5, 0.6) is 11.5 Å². The zero-order valence-electron chi connectivity index (χ0n) is 14.4. The molecule has 0 heterocycles. The molecule has 0 saturated carbocycles. The number of nitrogens with one attached hydrogen (secondary N) is 1. The molecule has 6 heteroatoms. The minimum atomic E-state index is -3.53. The third-order valence-electron chi connectivity index (χ3n) is 3.80. The third kappa shape index (κ3) is 4.27. The van der Waals surface area contributed by atoms with Crippen LogP contribution in [0, 0.1) is 13.8 Å². The minimum absolute atomic E-state index is 0.290. The van der Waals surface area contributed by atoms with Crippen LogP contribution in [0.3, 0.4) is 0 Å². The molecule has 2 aromatic carbocycles. The van der Waals surface area contributed by atoms with E-state index in [-0.39, 0.29) is 0 Å². The van der Waals surface area contributed by atoms with E-state index in [1.165, 1.54) is 0 Å².